The van der Waals surface area contributed by atoms with Crippen molar-refractivity contribution < 1.29 is 19.4 Å². The van der Waals surface area contributed by atoms with Crippen molar-refractivity contribution in [1.82, 2.24) is 5.32 Å². The van der Waals surface area contributed by atoms with E-state index in [9.17, 15) is 9.59 Å². The van der Waals surface area contributed by atoms with Crippen LogP contribution in [0.5, 0.6) is 5.75 Å². The zero-order chi connectivity index (χ0) is 18.5. The number of benzene rings is 2. The van der Waals surface area contributed by atoms with Gasteiger partial charge in [-0.15, -0.1) is 0 Å². The first-order chi connectivity index (χ1) is 12.5. The molecule has 1 amide bonds. The molecule has 2 N–H and O–H groups in total. The zero-order valence-electron chi connectivity index (χ0n) is 13.9. The Balaban J connectivity index is 1.74. The molecule has 2 aromatic rings. The predicted octanol–water partition coefficient (Wildman–Crippen LogP) is 3.68. The number of amides is 1. The Morgan fingerprint density at radius 3 is 2.50 bits per heavy atom. The molecule has 0 saturated carbocycles. The van der Waals surface area contributed by atoms with Crippen molar-refractivity contribution in [3.05, 3.63) is 64.6 Å². The van der Waals surface area contributed by atoms with Crippen LogP contribution in [-0.4, -0.2) is 28.8 Å². The summed E-state index contributed by atoms with van der Waals surface area (Å²) >= 11 is 1.24. The normalized spacial score (nSPS) is 16.7. The van der Waals surface area contributed by atoms with Crippen LogP contribution in [0.3, 0.4) is 0 Å². The standard InChI is InChI=1S/C19H16N2O4S/c1-2-25-15-9-7-14(8-10-15)20-19-21-17(22)16(26-19)11-12-3-5-13(6-4-12)18(23)24/h3-11H,2H2,1H3,(H,23,24)(H,20,21,22)/b16-11+. The van der Waals surface area contributed by atoms with E-state index in [1.54, 1.807) is 18.2 Å². The van der Waals surface area contributed by atoms with E-state index in [0.717, 1.165) is 11.3 Å². The van der Waals surface area contributed by atoms with E-state index >= 15 is 0 Å². The number of aliphatic imine (C=N–C) groups is 1. The minimum absolute atomic E-state index is 0.202. The number of aromatic carboxylic acids is 1. The Morgan fingerprint density at radius 1 is 1.19 bits per heavy atom. The molecule has 2 aromatic carbocycles. The molecule has 0 spiro atoms. The summed E-state index contributed by atoms with van der Waals surface area (Å²) in [6.07, 6.45) is 1.70. The summed E-state index contributed by atoms with van der Waals surface area (Å²) in [5.74, 6) is -0.450. The van der Waals surface area contributed by atoms with Crippen LogP contribution in [0.2, 0.25) is 0 Å². The summed E-state index contributed by atoms with van der Waals surface area (Å²) in [5.41, 5.74) is 1.66. The van der Waals surface area contributed by atoms with Crippen LogP contribution in [0.25, 0.3) is 6.08 Å². The lowest BCUT2D eigenvalue weighted by Gasteiger charge is -2.02. The zero-order valence-corrected chi connectivity index (χ0v) is 14.7. The number of hydrogen-bond donors (Lipinski definition) is 2. The quantitative estimate of drug-likeness (QED) is 0.786. The van der Waals surface area contributed by atoms with Crippen LogP contribution in [0, 0.1) is 0 Å². The van der Waals surface area contributed by atoms with Crippen LogP contribution in [0.4, 0.5) is 5.69 Å². The van der Waals surface area contributed by atoms with E-state index in [4.69, 9.17) is 9.84 Å². The number of hydrogen-bond acceptors (Lipinski definition) is 5. The maximum absolute atomic E-state index is 12.1. The number of amidine groups is 1. The number of nitrogens with zero attached hydrogens (tertiary/aromatic N) is 1. The van der Waals surface area contributed by atoms with Gasteiger partial charge in [0.05, 0.1) is 22.8 Å². The van der Waals surface area contributed by atoms with Crippen LogP contribution < -0.4 is 10.1 Å². The molecule has 0 atom stereocenters. The van der Waals surface area contributed by atoms with Gasteiger partial charge in [0.2, 0.25) is 0 Å². The first-order valence-corrected chi connectivity index (χ1v) is 8.72. The molecular weight excluding hydrogens is 352 g/mol. The summed E-state index contributed by atoms with van der Waals surface area (Å²) < 4.78 is 5.39. The monoisotopic (exact) mass is 368 g/mol. The largest absolute Gasteiger partial charge is 0.494 e. The molecule has 1 fully saturated rings. The molecule has 6 nitrogen and oxygen atoms in total. The van der Waals surface area contributed by atoms with Gasteiger partial charge in [0.1, 0.15) is 5.75 Å². The maximum Gasteiger partial charge on any atom is 0.335 e. The minimum atomic E-state index is -0.984. The van der Waals surface area contributed by atoms with Gasteiger partial charge >= 0.3 is 5.97 Å². The third-order valence-electron chi connectivity index (χ3n) is 3.48. The molecule has 26 heavy (non-hydrogen) atoms. The second kappa shape index (κ2) is 7.88. The average molecular weight is 368 g/mol. The Labute approximate surface area is 154 Å². The topological polar surface area (TPSA) is 88.0 Å². The van der Waals surface area contributed by atoms with Crippen LogP contribution in [0.1, 0.15) is 22.8 Å². The van der Waals surface area contributed by atoms with Crippen molar-refractivity contribution in [2.75, 3.05) is 6.61 Å². The summed E-state index contributed by atoms with van der Waals surface area (Å²) in [6, 6.07) is 13.6. The Bertz CT molecular complexity index is 887. The average Bonchev–Trinajstić information content (AvgIpc) is 2.96. The Kier molecular flexibility index (Phi) is 5.38. The van der Waals surface area contributed by atoms with E-state index in [2.05, 4.69) is 10.3 Å². The number of ether oxygens (including phenoxy) is 1. The molecule has 7 heteroatoms. The molecule has 3 rings (SSSR count). The molecule has 0 bridgehead atoms. The first-order valence-electron chi connectivity index (χ1n) is 7.91. The van der Waals surface area contributed by atoms with Crippen molar-refractivity contribution >= 4 is 40.6 Å². The minimum Gasteiger partial charge on any atom is -0.494 e. The molecular formula is C19H16N2O4S. The van der Waals surface area contributed by atoms with Gasteiger partial charge in [0, 0.05) is 0 Å². The SMILES string of the molecule is CCOc1ccc(N=C2NC(=O)/C(=C\c3ccc(C(=O)O)cc3)S2)cc1. The molecule has 1 saturated heterocycles. The Morgan fingerprint density at radius 2 is 1.88 bits per heavy atom. The summed E-state index contributed by atoms with van der Waals surface area (Å²) in [7, 11) is 0. The number of rotatable bonds is 5. The highest BCUT2D eigenvalue weighted by Gasteiger charge is 2.23. The van der Waals surface area contributed by atoms with Gasteiger partial charge in [-0.05, 0) is 66.7 Å². The van der Waals surface area contributed by atoms with Crippen molar-refractivity contribution in [2.45, 2.75) is 6.92 Å². The third kappa shape index (κ3) is 4.31. The van der Waals surface area contributed by atoms with E-state index in [0.29, 0.717) is 22.4 Å². The fourth-order valence-electron chi connectivity index (χ4n) is 2.25. The Hall–Kier alpha value is -3.06. The summed E-state index contributed by atoms with van der Waals surface area (Å²) in [6.45, 7) is 2.52. The maximum atomic E-state index is 12.1. The van der Waals surface area contributed by atoms with Gasteiger partial charge in [0.15, 0.2) is 5.17 Å². The van der Waals surface area contributed by atoms with Crippen molar-refractivity contribution in [1.29, 1.82) is 0 Å². The fourth-order valence-corrected chi connectivity index (χ4v) is 3.10. The predicted molar refractivity (Wildman–Crippen MR) is 102 cm³/mol. The van der Waals surface area contributed by atoms with Gasteiger partial charge in [-0.2, -0.15) is 0 Å². The molecule has 132 valence electrons. The lowest BCUT2D eigenvalue weighted by atomic mass is 10.1. The number of carbonyl (C=O) groups excluding carboxylic acids is 1. The molecule has 1 aliphatic rings. The van der Waals surface area contributed by atoms with E-state index in [-0.39, 0.29) is 11.5 Å². The van der Waals surface area contributed by atoms with Gasteiger partial charge in [0.25, 0.3) is 5.91 Å². The van der Waals surface area contributed by atoms with Crippen LogP contribution >= 0.6 is 11.8 Å². The smallest absolute Gasteiger partial charge is 0.335 e. The van der Waals surface area contributed by atoms with Gasteiger partial charge in [-0.25, -0.2) is 9.79 Å². The highest BCUT2D eigenvalue weighted by Crippen LogP contribution is 2.28. The van der Waals surface area contributed by atoms with Gasteiger partial charge in [-0.1, -0.05) is 12.1 Å². The number of thioether (sulfide) groups is 1. The number of carbonyl (C=O) groups is 2. The van der Waals surface area contributed by atoms with Crippen molar-refractivity contribution in [3.63, 3.8) is 0 Å². The van der Waals surface area contributed by atoms with Crippen LogP contribution in [-0.2, 0) is 4.79 Å². The van der Waals surface area contributed by atoms with E-state index in [1.807, 2.05) is 31.2 Å². The first kappa shape index (κ1) is 17.8. The molecule has 0 radical (unpaired) electrons. The highest BCUT2D eigenvalue weighted by molar-refractivity contribution is 8.18. The number of carboxylic acids is 1. The molecule has 0 aromatic heterocycles. The molecule has 1 heterocycles. The summed E-state index contributed by atoms with van der Waals surface area (Å²) in [4.78, 5) is 27.9. The van der Waals surface area contributed by atoms with Crippen molar-refractivity contribution in [2.24, 2.45) is 4.99 Å². The number of carboxylic acid groups (broad SMARTS) is 1. The summed E-state index contributed by atoms with van der Waals surface area (Å²) in [5, 5.41) is 12.1. The fraction of sp³-hybridized carbons (Fsp3) is 0.105. The van der Waals surface area contributed by atoms with Crippen LogP contribution in [0.15, 0.2) is 58.4 Å². The lowest BCUT2D eigenvalue weighted by Crippen LogP contribution is -2.19. The van der Waals surface area contributed by atoms with Gasteiger partial charge in [-0.3, -0.25) is 4.79 Å². The van der Waals surface area contributed by atoms with E-state index < -0.39 is 5.97 Å². The number of nitrogens with one attached hydrogen (secondary N) is 1. The second-order valence-corrected chi connectivity index (χ2v) is 6.37. The molecule has 0 aliphatic carbocycles. The van der Waals surface area contributed by atoms with E-state index in [1.165, 1.54) is 23.9 Å². The lowest BCUT2D eigenvalue weighted by molar-refractivity contribution is -0.115. The second-order valence-electron chi connectivity index (χ2n) is 5.34. The molecule has 0 unspecified atom stereocenters. The van der Waals surface area contributed by atoms with Gasteiger partial charge < -0.3 is 15.2 Å². The molecule has 1 aliphatic heterocycles. The highest BCUT2D eigenvalue weighted by atomic mass is 32.2. The third-order valence-corrected chi connectivity index (χ3v) is 4.39. The van der Waals surface area contributed by atoms with Crippen molar-refractivity contribution in [3.8, 4) is 5.75 Å².